The quantitative estimate of drug-likeness (QED) is 0.794. The fourth-order valence-electron chi connectivity index (χ4n) is 1.64. The molecule has 0 radical (unpaired) electrons. The average Bonchev–Trinajstić information content (AvgIpc) is 2.85. The number of rotatable bonds is 6. The molecule has 0 bridgehead atoms. The van der Waals surface area contributed by atoms with Crippen molar-refractivity contribution in [2.45, 2.75) is 33.0 Å². The Labute approximate surface area is 133 Å². The minimum Gasteiger partial charge on any atom is -0.483 e. The first-order valence-corrected chi connectivity index (χ1v) is 7.75. The molecule has 0 amide bonds. The third-order valence-corrected chi connectivity index (χ3v) is 3.74. The second-order valence-electron chi connectivity index (χ2n) is 4.19. The zero-order chi connectivity index (χ0) is 14.5. The van der Waals surface area contributed by atoms with Crippen molar-refractivity contribution in [2.75, 3.05) is 0 Å². The molecule has 0 atom stereocenters. The van der Waals surface area contributed by atoms with Crippen molar-refractivity contribution < 1.29 is 14.4 Å². The van der Waals surface area contributed by atoms with Gasteiger partial charge in [0.15, 0.2) is 6.61 Å². The molecule has 108 valence electrons. The van der Waals surface area contributed by atoms with Gasteiger partial charge in [0, 0.05) is 6.42 Å². The van der Waals surface area contributed by atoms with Crippen LogP contribution in [0.25, 0.3) is 0 Å². The number of hydrogen-bond donors (Lipinski definition) is 1. The van der Waals surface area contributed by atoms with Gasteiger partial charge in [0.05, 0.1) is 15.6 Å². The second-order valence-corrected chi connectivity index (χ2v) is 5.90. The summed E-state index contributed by atoms with van der Waals surface area (Å²) >= 11 is 6.82. The van der Waals surface area contributed by atoms with Crippen molar-refractivity contribution in [1.29, 1.82) is 0 Å². The highest BCUT2D eigenvalue weighted by Gasteiger charge is 2.11. The minimum atomic E-state index is -0.0251. The van der Waals surface area contributed by atoms with Gasteiger partial charge < -0.3 is 14.4 Å². The van der Waals surface area contributed by atoms with Crippen LogP contribution < -0.4 is 4.74 Å². The monoisotopic (exact) mass is 404 g/mol. The molecule has 7 heteroatoms. The van der Waals surface area contributed by atoms with Crippen LogP contribution in [0, 0.1) is 0 Å². The highest BCUT2D eigenvalue weighted by atomic mass is 79.9. The number of nitrogens with zero attached hydrogens (tertiary/aromatic N) is 2. The summed E-state index contributed by atoms with van der Waals surface area (Å²) in [7, 11) is 0. The van der Waals surface area contributed by atoms with Gasteiger partial charge in [-0.3, -0.25) is 0 Å². The average molecular weight is 406 g/mol. The minimum absolute atomic E-state index is 0.0251. The van der Waals surface area contributed by atoms with Gasteiger partial charge in [0.2, 0.25) is 11.7 Å². The summed E-state index contributed by atoms with van der Waals surface area (Å²) in [5.41, 5.74) is 0.792. The Hall–Kier alpha value is -0.920. The van der Waals surface area contributed by atoms with E-state index in [0.717, 1.165) is 27.4 Å². The van der Waals surface area contributed by atoms with Gasteiger partial charge in [-0.2, -0.15) is 4.98 Å². The maximum absolute atomic E-state index is 9.12. The fraction of sp³-hybridized carbons (Fsp3) is 0.385. The summed E-state index contributed by atoms with van der Waals surface area (Å²) in [5.74, 6) is 1.78. The first-order chi connectivity index (χ1) is 9.63. The lowest BCUT2D eigenvalue weighted by Gasteiger charge is -2.10. The Morgan fingerprint density at radius 2 is 2.00 bits per heavy atom. The number of halogens is 2. The maximum Gasteiger partial charge on any atom is 0.226 e. The van der Waals surface area contributed by atoms with Gasteiger partial charge in [-0.05, 0) is 56.0 Å². The Bertz CT molecular complexity index is 564. The molecule has 0 fully saturated rings. The topological polar surface area (TPSA) is 68.4 Å². The molecule has 1 N–H and O–H groups in total. The maximum atomic E-state index is 9.12. The van der Waals surface area contributed by atoms with Crippen LogP contribution >= 0.6 is 31.9 Å². The summed E-state index contributed by atoms with van der Waals surface area (Å²) in [6, 6.07) is 3.61. The number of aliphatic hydroxyl groups excluding tert-OH is 1. The zero-order valence-electron chi connectivity index (χ0n) is 10.9. The van der Waals surface area contributed by atoms with Crippen LogP contribution in [-0.4, -0.2) is 15.2 Å². The smallest absolute Gasteiger partial charge is 0.226 e. The molecule has 0 saturated carbocycles. The van der Waals surface area contributed by atoms with Crippen molar-refractivity contribution >= 4 is 31.9 Å². The summed E-state index contributed by atoms with van der Waals surface area (Å²) < 4.78 is 12.3. The van der Waals surface area contributed by atoms with E-state index in [9.17, 15) is 0 Å². The number of aromatic nitrogens is 2. The lowest BCUT2D eigenvalue weighted by Crippen LogP contribution is -2.00. The predicted octanol–water partition coefficient (Wildman–Crippen LogP) is 3.62. The number of hydrogen-bond acceptors (Lipinski definition) is 5. The summed E-state index contributed by atoms with van der Waals surface area (Å²) in [4.78, 5) is 4.23. The summed E-state index contributed by atoms with van der Waals surface area (Å²) in [5, 5.41) is 13.0. The molecular weight excluding hydrogens is 392 g/mol. The van der Waals surface area contributed by atoms with Crippen LogP contribution in [0.1, 0.15) is 30.6 Å². The molecule has 2 aromatic rings. The normalized spacial score (nSPS) is 10.8. The molecule has 1 aromatic carbocycles. The molecule has 20 heavy (non-hydrogen) atoms. The van der Waals surface area contributed by atoms with Crippen molar-refractivity contribution in [3.05, 3.63) is 38.4 Å². The lowest BCUT2D eigenvalue weighted by atomic mass is 10.2. The molecular formula is C13H14Br2N2O3. The Balaban J connectivity index is 2.06. The van der Waals surface area contributed by atoms with Gasteiger partial charge in [-0.25, -0.2) is 0 Å². The van der Waals surface area contributed by atoms with Crippen molar-refractivity contribution in [1.82, 2.24) is 10.1 Å². The standard InChI is InChI=1S/C13H14Br2N2O3/c1-2-3-12-16-11(17-20-12)7-19-13-9(14)4-8(6-18)5-10(13)15/h4-5,18H,2-3,6-7H2,1H3. The molecule has 0 aliphatic carbocycles. The largest absolute Gasteiger partial charge is 0.483 e. The van der Waals surface area contributed by atoms with E-state index in [1.807, 2.05) is 0 Å². The first-order valence-electron chi connectivity index (χ1n) is 6.17. The van der Waals surface area contributed by atoms with Gasteiger partial charge in [-0.15, -0.1) is 0 Å². The van der Waals surface area contributed by atoms with E-state index in [2.05, 4.69) is 48.9 Å². The number of ether oxygens (including phenoxy) is 1. The van der Waals surface area contributed by atoms with Crippen LogP contribution in [0.15, 0.2) is 25.6 Å². The van der Waals surface area contributed by atoms with Crippen LogP contribution in [0.2, 0.25) is 0 Å². The second kappa shape index (κ2) is 7.19. The molecule has 5 nitrogen and oxygen atoms in total. The van der Waals surface area contributed by atoms with Gasteiger partial charge in [-0.1, -0.05) is 12.1 Å². The van der Waals surface area contributed by atoms with E-state index in [1.54, 1.807) is 12.1 Å². The number of aliphatic hydroxyl groups is 1. The van der Waals surface area contributed by atoms with E-state index in [0.29, 0.717) is 17.5 Å². The molecule has 2 rings (SSSR count). The molecule has 1 aromatic heterocycles. The molecule has 1 heterocycles. The van der Waals surface area contributed by atoms with E-state index in [1.165, 1.54) is 0 Å². The SMILES string of the molecule is CCCc1nc(COc2c(Br)cc(CO)cc2Br)no1. The first kappa shape index (κ1) is 15.5. The number of aryl methyl sites for hydroxylation is 1. The zero-order valence-corrected chi connectivity index (χ0v) is 14.1. The highest BCUT2D eigenvalue weighted by Crippen LogP contribution is 2.35. The Morgan fingerprint density at radius 1 is 1.30 bits per heavy atom. The van der Waals surface area contributed by atoms with E-state index < -0.39 is 0 Å². The van der Waals surface area contributed by atoms with Gasteiger partial charge >= 0.3 is 0 Å². The van der Waals surface area contributed by atoms with Crippen molar-refractivity contribution in [3.63, 3.8) is 0 Å². The Kier molecular flexibility index (Phi) is 5.56. The van der Waals surface area contributed by atoms with Crippen LogP contribution in [-0.2, 0) is 19.6 Å². The predicted molar refractivity (Wildman–Crippen MR) is 80.4 cm³/mol. The summed E-state index contributed by atoms with van der Waals surface area (Å²) in [6.07, 6.45) is 1.73. The summed E-state index contributed by atoms with van der Waals surface area (Å²) in [6.45, 7) is 2.25. The molecule has 0 aliphatic rings. The number of benzene rings is 1. The third kappa shape index (κ3) is 3.80. The lowest BCUT2D eigenvalue weighted by molar-refractivity contribution is 0.276. The van der Waals surface area contributed by atoms with Crippen molar-refractivity contribution in [2.24, 2.45) is 0 Å². The molecule has 0 saturated heterocycles. The van der Waals surface area contributed by atoms with E-state index in [-0.39, 0.29) is 13.2 Å². The molecule has 0 spiro atoms. The highest BCUT2D eigenvalue weighted by molar-refractivity contribution is 9.11. The van der Waals surface area contributed by atoms with E-state index in [4.69, 9.17) is 14.4 Å². The van der Waals surface area contributed by atoms with Crippen LogP contribution in [0.4, 0.5) is 0 Å². The third-order valence-electron chi connectivity index (χ3n) is 2.56. The fourth-order valence-corrected chi connectivity index (χ4v) is 3.15. The van der Waals surface area contributed by atoms with Gasteiger partial charge in [0.25, 0.3) is 0 Å². The Morgan fingerprint density at radius 3 is 2.60 bits per heavy atom. The molecule has 0 unspecified atom stereocenters. The van der Waals surface area contributed by atoms with Crippen LogP contribution in [0.3, 0.4) is 0 Å². The molecule has 0 aliphatic heterocycles. The van der Waals surface area contributed by atoms with Crippen LogP contribution in [0.5, 0.6) is 5.75 Å². The van der Waals surface area contributed by atoms with E-state index >= 15 is 0 Å². The van der Waals surface area contributed by atoms with Crippen molar-refractivity contribution in [3.8, 4) is 5.75 Å². The van der Waals surface area contributed by atoms with Gasteiger partial charge in [0.1, 0.15) is 5.75 Å².